The Morgan fingerprint density at radius 2 is 2.29 bits per heavy atom. The van der Waals surface area contributed by atoms with E-state index in [1.807, 2.05) is 0 Å². The summed E-state index contributed by atoms with van der Waals surface area (Å²) in [6.45, 7) is 0.472. The van der Waals surface area contributed by atoms with Crippen LogP contribution in [-0.2, 0) is 4.79 Å². The number of nitrogens with one attached hydrogen (secondary N) is 1. The van der Waals surface area contributed by atoms with Crippen LogP contribution in [0.4, 0.5) is 5.69 Å². The first-order chi connectivity index (χ1) is 10.0. The Morgan fingerprint density at radius 1 is 1.52 bits per heavy atom. The first kappa shape index (κ1) is 14.9. The lowest BCUT2D eigenvalue weighted by molar-refractivity contribution is -0.385. The van der Waals surface area contributed by atoms with Crippen LogP contribution in [0.25, 0.3) is 0 Å². The molecule has 9 nitrogen and oxygen atoms in total. The molecule has 114 valence electrons. The van der Waals surface area contributed by atoms with Crippen LogP contribution in [0.3, 0.4) is 0 Å². The molecule has 1 atom stereocenters. The molecule has 1 aromatic heterocycles. The maximum atomic E-state index is 12.4. The summed E-state index contributed by atoms with van der Waals surface area (Å²) in [6, 6.07) is -0.203. The van der Waals surface area contributed by atoms with E-state index in [-0.39, 0.29) is 23.8 Å². The van der Waals surface area contributed by atoms with Gasteiger partial charge in [0.15, 0.2) is 0 Å². The number of piperidine rings is 1. The molecule has 0 aliphatic carbocycles. The number of H-pyrrole nitrogens is 1. The van der Waals surface area contributed by atoms with Crippen LogP contribution in [0.1, 0.15) is 42.6 Å². The number of nitro groups is 1. The molecule has 21 heavy (non-hydrogen) atoms. The number of likely N-dealkylation sites (tertiary alicyclic amines) is 1. The second-order valence-electron chi connectivity index (χ2n) is 4.97. The van der Waals surface area contributed by atoms with Gasteiger partial charge in [-0.25, -0.2) is 0 Å². The summed E-state index contributed by atoms with van der Waals surface area (Å²) in [5.74, 6) is -1.41. The van der Waals surface area contributed by atoms with Crippen molar-refractivity contribution in [1.82, 2.24) is 15.1 Å². The highest BCUT2D eigenvalue weighted by atomic mass is 16.6. The first-order valence-electron chi connectivity index (χ1n) is 6.71. The van der Waals surface area contributed by atoms with Crippen LogP contribution in [0.5, 0.6) is 0 Å². The summed E-state index contributed by atoms with van der Waals surface area (Å²) in [4.78, 5) is 34.9. The zero-order valence-corrected chi connectivity index (χ0v) is 11.3. The molecule has 1 unspecified atom stereocenters. The molecule has 1 aliphatic rings. The number of rotatable bonds is 5. The van der Waals surface area contributed by atoms with Crippen molar-refractivity contribution in [1.29, 1.82) is 0 Å². The van der Waals surface area contributed by atoms with Crippen molar-refractivity contribution >= 4 is 17.6 Å². The Bertz CT molecular complexity index is 556. The van der Waals surface area contributed by atoms with Crippen molar-refractivity contribution in [3.8, 4) is 0 Å². The summed E-state index contributed by atoms with van der Waals surface area (Å²) in [6.07, 6.45) is 3.75. The molecule has 0 radical (unpaired) electrons. The van der Waals surface area contributed by atoms with Gasteiger partial charge in [-0.1, -0.05) is 0 Å². The summed E-state index contributed by atoms with van der Waals surface area (Å²) in [5.41, 5.74) is -0.509. The van der Waals surface area contributed by atoms with Gasteiger partial charge in [0.25, 0.3) is 5.91 Å². The molecule has 0 spiro atoms. The van der Waals surface area contributed by atoms with Crippen molar-refractivity contribution in [3.05, 3.63) is 22.0 Å². The largest absolute Gasteiger partial charge is 0.481 e. The minimum Gasteiger partial charge on any atom is -0.481 e. The molecule has 1 aliphatic heterocycles. The number of carbonyl (C=O) groups is 2. The van der Waals surface area contributed by atoms with Gasteiger partial charge < -0.3 is 10.0 Å². The van der Waals surface area contributed by atoms with E-state index < -0.39 is 16.8 Å². The molecule has 1 fully saturated rings. The fraction of sp³-hybridized carbons (Fsp3) is 0.583. The van der Waals surface area contributed by atoms with Gasteiger partial charge in [-0.3, -0.25) is 24.8 Å². The second-order valence-corrected chi connectivity index (χ2v) is 4.97. The van der Waals surface area contributed by atoms with E-state index >= 15 is 0 Å². The van der Waals surface area contributed by atoms with E-state index in [0.29, 0.717) is 19.4 Å². The third-order valence-corrected chi connectivity index (χ3v) is 3.61. The molecule has 0 saturated carbocycles. The SMILES string of the molecule is O=C(O)CCC1CCCCN1C(=O)c1[nH]ncc1[N+](=O)[O-]. The van der Waals surface area contributed by atoms with E-state index in [4.69, 9.17) is 5.11 Å². The molecular formula is C12H16N4O5. The quantitative estimate of drug-likeness (QED) is 0.619. The fourth-order valence-electron chi connectivity index (χ4n) is 2.58. The van der Waals surface area contributed by atoms with Gasteiger partial charge in [0.1, 0.15) is 6.20 Å². The standard InChI is InChI=1S/C12H16N4O5/c17-10(18)5-4-8-3-1-2-6-15(8)12(19)11-9(16(20)21)7-13-14-11/h7-8H,1-6H2,(H,13,14)(H,17,18). The smallest absolute Gasteiger partial charge is 0.319 e. The molecule has 9 heteroatoms. The number of hydrogen-bond donors (Lipinski definition) is 2. The van der Waals surface area contributed by atoms with Gasteiger partial charge >= 0.3 is 11.7 Å². The van der Waals surface area contributed by atoms with Crippen molar-refractivity contribution < 1.29 is 19.6 Å². The highest BCUT2D eigenvalue weighted by molar-refractivity contribution is 5.96. The summed E-state index contributed by atoms with van der Waals surface area (Å²) in [5, 5.41) is 25.5. The van der Waals surface area contributed by atoms with Crippen LogP contribution in [0, 0.1) is 10.1 Å². The first-order valence-corrected chi connectivity index (χ1v) is 6.71. The van der Waals surface area contributed by atoms with E-state index in [0.717, 1.165) is 19.0 Å². The van der Waals surface area contributed by atoms with Gasteiger partial charge in [0, 0.05) is 19.0 Å². The molecule has 2 heterocycles. The molecule has 2 rings (SSSR count). The molecule has 0 bridgehead atoms. The molecule has 1 aromatic rings. The number of carboxylic acid groups (broad SMARTS) is 1. The average Bonchev–Trinajstić information content (AvgIpc) is 2.94. The Balaban J connectivity index is 2.16. The van der Waals surface area contributed by atoms with Crippen LogP contribution in [0.15, 0.2) is 6.20 Å². The Hall–Kier alpha value is -2.45. The van der Waals surface area contributed by atoms with Gasteiger partial charge in [-0.05, 0) is 25.7 Å². The normalized spacial score (nSPS) is 18.5. The number of nitrogens with zero attached hydrogens (tertiary/aromatic N) is 3. The van der Waals surface area contributed by atoms with E-state index in [2.05, 4.69) is 10.2 Å². The molecule has 1 saturated heterocycles. The Labute approximate surface area is 120 Å². The lowest BCUT2D eigenvalue weighted by atomic mass is 9.97. The number of carboxylic acids is 1. The number of amides is 1. The zero-order valence-electron chi connectivity index (χ0n) is 11.3. The lowest BCUT2D eigenvalue weighted by Gasteiger charge is -2.35. The maximum absolute atomic E-state index is 12.4. The topological polar surface area (TPSA) is 129 Å². The average molecular weight is 296 g/mol. The highest BCUT2D eigenvalue weighted by Crippen LogP contribution is 2.25. The monoisotopic (exact) mass is 296 g/mol. The zero-order chi connectivity index (χ0) is 15.4. The van der Waals surface area contributed by atoms with Crippen LogP contribution < -0.4 is 0 Å². The Kier molecular flexibility index (Phi) is 4.51. The minimum atomic E-state index is -0.916. The molecule has 2 N–H and O–H groups in total. The van der Waals surface area contributed by atoms with Crippen LogP contribution in [-0.4, -0.2) is 49.6 Å². The van der Waals surface area contributed by atoms with Crippen LogP contribution in [0.2, 0.25) is 0 Å². The maximum Gasteiger partial charge on any atom is 0.319 e. The number of aliphatic carboxylic acids is 1. The van der Waals surface area contributed by atoms with E-state index in [1.165, 1.54) is 4.90 Å². The van der Waals surface area contributed by atoms with Crippen molar-refractivity contribution in [2.45, 2.75) is 38.1 Å². The predicted molar refractivity (Wildman–Crippen MR) is 70.8 cm³/mol. The summed E-state index contributed by atoms with van der Waals surface area (Å²) >= 11 is 0. The summed E-state index contributed by atoms with van der Waals surface area (Å²) < 4.78 is 0. The van der Waals surface area contributed by atoms with Crippen molar-refractivity contribution in [3.63, 3.8) is 0 Å². The predicted octanol–water partition coefficient (Wildman–Crippen LogP) is 1.18. The third-order valence-electron chi connectivity index (χ3n) is 3.61. The van der Waals surface area contributed by atoms with Gasteiger partial charge in [-0.2, -0.15) is 5.10 Å². The van der Waals surface area contributed by atoms with Gasteiger partial charge in [0.05, 0.1) is 4.92 Å². The van der Waals surface area contributed by atoms with Crippen molar-refractivity contribution in [2.24, 2.45) is 0 Å². The highest BCUT2D eigenvalue weighted by Gasteiger charge is 2.32. The molecule has 0 aromatic carbocycles. The Morgan fingerprint density at radius 3 is 2.95 bits per heavy atom. The lowest BCUT2D eigenvalue weighted by Crippen LogP contribution is -2.44. The number of aromatic nitrogens is 2. The number of aromatic amines is 1. The summed E-state index contributed by atoms with van der Waals surface area (Å²) in [7, 11) is 0. The van der Waals surface area contributed by atoms with Crippen LogP contribution >= 0.6 is 0 Å². The van der Waals surface area contributed by atoms with E-state index in [1.54, 1.807) is 0 Å². The molecule has 1 amide bonds. The van der Waals surface area contributed by atoms with Gasteiger partial charge in [0.2, 0.25) is 5.69 Å². The van der Waals surface area contributed by atoms with E-state index in [9.17, 15) is 19.7 Å². The number of carbonyl (C=O) groups excluding carboxylic acids is 1. The van der Waals surface area contributed by atoms with Crippen molar-refractivity contribution in [2.75, 3.05) is 6.54 Å². The second kappa shape index (κ2) is 6.33. The number of hydrogen-bond acceptors (Lipinski definition) is 5. The fourth-order valence-corrected chi connectivity index (χ4v) is 2.58. The van der Waals surface area contributed by atoms with Gasteiger partial charge in [-0.15, -0.1) is 0 Å². The minimum absolute atomic E-state index is 0.0283. The molecular weight excluding hydrogens is 280 g/mol. The third kappa shape index (κ3) is 3.36.